The average molecular weight is 600 g/mol. The highest BCUT2D eigenvalue weighted by atomic mass is 19.1. The molecule has 0 aliphatic heterocycles. The molecule has 46 heavy (non-hydrogen) atoms. The summed E-state index contributed by atoms with van der Waals surface area (Å²) >= 11 is 0. The third kappa shape index (κ3) is 4.02. The number of rotatable bonds is 2. The van der Waals surface area contributed by atoms with Gasteiger partial charge in [0.2, 0.25) is 5.95 Å². The molecule has 2 unspecified atom stereocenters. The summed E-state index contributed by atoms with van der Waals surface area (Å²) in [5.41, 5.74) is 8.23. The Hall–Kier alpha value is -6.48. The number of H-pyrrole nitrogens is 1. The van der Waals surface area contributed by atoms with Crippen LogP contribution in [0.3, 0.4) is 0 Å². The Kier molecular flexibility index (Phi) is 6.34. The molecular weight excluding hydrogens is 578 g/mol. The van der Waals surface area contributed by atoms with Crippen molar-refractivity contribution in [2.45, 2.75) is 19.3 Å². The number of nitrogens with one attached hydrogen (secondary N) is 1. The van der Waals surface area contributed by atoms with Gasteiger partial charge in [-0.15, -0.1) is 4.39 Å². The molecule has 0 saturated heterocycles. The van der Waals surface area contributed by atoms with Gasteiger partial charge in [-0.05, 0) is 92.4 Å². The molecule has 0 saturated carbocycles. The number of allylic oxidation sites excluding steroid dienone is 7. The molecule has 216 valence electrons. The van der Waals surface area contributed by atoms with Crippen LogP contribution in [0, 0.1) is 70.1 Å². The van der Waals surface area contributed by atoms with E-state index in [4.69, 9.17) is 0 Å². The molecular formula is C38H21F2N6+. The lowest BCUT2D eigenvalue weighted by Crippen LogP contribution is -2.26. The second-order valence-electron chi connectivity index (χ2n) is 11.7. The minimum atomic E-state index is -0.701. The van der Waals surface area contributed by atoms with Gasteiger partial charge in [0.05, 0.1) is 6.07 Å². The average Bonchev–Trinajstić information content (AvgIpc) is 3.50. The quantitative estimate of drug-likeness (QED) is 0.155. The topological polar surface area (TPSA) is 122 Å². The zero-order chi connectivity index (χ0) is 32.3. The van der Waals surface area contributed by atoms with Crippen molar-refractivity contribution in [3.63, 3.8) is 0 Å². The van der Waals surface area contributed by atoms with Crippen molar-refractivity contribution in [2.24, 2.45) is 5.92 Å². The van der Waals surface area contributed by atoms with Gasteiger partial charge in [0.1, 0.15) is 35.4 Å². The van der Waals surface area contributed by atoms with E-state index in [0.29, 0.717) is 33.4 Å². The van der Waals surface area contributed by atoms with Gasteiger partial charge < -0.3 is 0 Å². The van der Waals surface area contributed by atoms with Crippen LogP contribution in [0.1, 0.15) is 40.3 Å². The molecule has 2 heterocycles. The molecule has 4 aromatic rings. The Labute approximate surface area is 263 Å². The molecule has 0 amide bonds. The van der Waals surface area contributed by atoms with E-state index in [1.54, 1.807) is 12.3 Å². The minimum absolute atomic E-state index is 0.0285. The molecule has 3 aliphatic carbocycles. The number of nitrogens with zero attached hydrogens (tertiary/aromatic N) is 5. The maximum absolute atomic E-state index is 14.2. The fraction of sp³-hybridized carbons (Fsp3) is 0.105. The van der Waals surface area contributed by atoms with Gasteiger partial charge in [-0.1, -0.05) is 37.3 Å². The molecule has 0 radical (unpaired) electrons. The van der Waals surface area contributed by atoms with Gasteiger partial charge in [-0.3, -0.25) is 0 Å². The first-order chi connectivity index (χ1) is 22.2. The zero-order valence-corrected chi connectivity index (χ0v) is 24.6. The fourth-order valence-electron chi connectivity index (χ4n) is 7.04. The molecule has 2 atom stereocenters. The standard InChI is InChI=1S/C38H20F2N6/c1-20-19-46-35(40)14-27(20)23-3-4-26-28-12-31-32(13-30(28)36(29(26)9-23)24(15-41)16-42)38(2)7-5-21(22-6-8-45-34(39)11-22)10-33(38)37(31)25(17-43)18-44/h3-14,19,33H,1-2H3/p+1. The van der Waals surface area contributed by atoms with Gasteiger partial charge in [-0.25, -0.2) is 4.98 Å². The van der Waals surface area contributed by atoms with Crippen LogP contribution in [0.5, 0.6) is 0 Å². The second kappa shape index (κ2) is 10.3. The van der Waals surface area contributed by atoms with E-state index in [0.717, 1.165) is 39.0 Å². The lowest BCUT2D eigenvalue weighted by molar-refractivity contribution is -0.422. The van der Waals surface area contributed by atoms with E-state index in [2.05, 4.69) is 34.2 Å². The molecule has 3 aliphatic rings. The van der Waals surface area contributed by atoms with E-state index >= 15 is 0 Å². The van der Waals surface area contributed by atoms with Crippen molar-refractivity contribution in [1.29, 1.82) is 21.0 Å². The van der Waals surface area contributed by atoms with Gasteiger partial charge in [-0.2, -0.15) is 30.4 Å². The zero-order valence-electron chi connectivity index (χ0n) is 24.6. The number of benzene rings is 2. The fourth-order valence-corrected chi connectivity index (χ4v) is 7.04. The molecule has 7 rings (SSSR count). The predicted molar refractivity (Wildman–Crippen MR) is 166 cm³/mol. The Morgan fingerprint density at radius 2 is 1.54 bits per heavy atom. The number of aromatic amines is 1. The lowest BCUT2D eigenvalue weighted by atomic mass is 9.70. The van der Waals surface area contributed by atoms with Crippen LogP contribution in [0.15, 0.2) is 90.3 Å². The van der Waals surface area contributed by atoms with E-state index in [-0.39, 0.29) is 11.1 Å². The van der Waals surface area contributed by atoms with E-state index in [9.17, 15) is 29.8 Å². The largest absolute Gasteiger partial charge is 0.358 e. The monoisotopic (exact) mass is 599 g/mol. The molecule has 0 spiro atoms. The van der Waals surface area contributed by atoms with Gasteiger partial charge in [0, 0.05) is 34.7 Å². The smallest absolute Gasteiger partial charge is 0.228 e. The summed E-state index contributed by atoms with van der Waals surface area (Å²) in [6, 6.07) is 22.3. The van der Waals surface area contributed by atoms with Crippen LogP contribution < -0.4 is 4.98 Å². The number of fused-ring (bicyclic) bond motifs is 6. The normalized spacial score (nSPS) is 18.2. The van der Waals surface area contributed by atoms with E-state index in [1.165, 1.54) is 18.3 Å². The number of halogens is 2. The van der Waals surface area contributed by atoms with Crippen molar-refractivity contribution >= 4 is 16.7 Å². The summed E-state index contributed by atoms with van der Waals surface area (Å²) < 4.78 is 28.3. The van der Waals surface area contributed by atoms with Gasteiger partial charge >= 0.3 is 5.95 Å². The lowest BCUT2D eigenvalue weighted by Gasteiger charge is -2.32. The van der Waals surface area contributed by atoms with Crippen molar-refractivity contribution < 1.29 is 13.8 Å². The summed E-state index contributed by atoms with van der Waals surface area (Å²) in [4.78, 5) is 6.22. The van der Waals surface area contributed by atoms with Crippen LogP contribution in [0.25, 0.3) is 39.0 Å². The molecule has 0 fully saturated rings. The first-order valence-corrected chi connectivity index (χ1v) is 14.4. The van der Waals surface area contributed by atoms with Crippen molar-refractivity contribution in [1.82, 2.24) is 4.98 Å². The molecule has 1 N–H and O–H groups in total. The maximum Gasteiger partial charge on any atom is 0.358 e. The maximum atomic E-state index is 14.2. The Balaban J connectivity index is 1.49. The summed E-state index contributed by atoms with van der Waals surface area (Å²) in [7, 11) is 0. The van der Waals surface area contributed by atoms with Gasteiger partial charge in [0.15, 0.2) is 6.20 Å². The highest BCUT2D eigenvalue weighted by Crippen LogP contribution is 2.59. The number of aromatic nitrogens is 2. The minimum Gasteiger partial charge on any atom is -0.228 e. The second-order valence-corrected chi connectivity index (χ2v) is 11.7. The number of hydrogen-bond acceptors (Lipinski definition) is 5. The first kappa shape index (κ1) is 28.3. The highest BCUT2D eigenvalue weighted by molar-refractivity contribution is 6.07. The van der Waals surface area contributed by atoms with Crippen molar-refractivity contribution in [2.75, 3.05) is 0 Å². The Bertz CT molecular complexity index is 2340. The van der Waals surface area contributed by atoms with E-state index < -0.39 is 23.2 Å². The van der Waals surface area contributed by atoms with Crippen LogP contribution in [0.4, 0.5) is 8.78 Å². The number of pyridine rings is 2. The molecule has 6 nitrogen and oxygen atoms in total. The summed E-state index contributed by atoms with van der Waals surface area (Å²) in [5, 5.41) is 40.3. The van der Waals surface area contributed by atoms with Crippen LogP contribution >= 0.6 is 0 Å². The number of hydrogen-bond donors (Lipinski definition) is 0. The third-order valence-corrected chi connectivity index (χ3v) is 9.25. The Morgan fingerprint density at radius 3 is 2.26 bits per heavy atom. The molecule has 2 aromatic heterocycles. The first-order valence-electron chi connectivity index (χ1n) is 14.4. The van der Waals surface area contributed by atoms with E-state index in [1.807, 2.05) is 62.4 Å². The van der Waals surface area contributed by atoms with Crippen molar-refractivity contribution in [3.05, 3.63) is 136 Å². The highest BCUT2D eigenvalue weighted by Gasteiger charge is 2.48. The van der Waals surface area contributed by atoms with Crippen LogP contribution in [-0.2, 0) is 5.41 Å². The van der Waals surface area contributed by atoms with Crippen LogP contribution in [0.2, 0.25) is 0 Å². The summed E-state index contributed by atoms with van der Waals surface area (Å²) in [6.45, 7) is 3.88. The number of nitriles is 4. The van der Waals surface area contributed by atoms with Gasteiger partial charge in [0.25, 0.3) is 0 Å². The predicted octanol–water partition coefficient (Wildman–Crippen LogP) is 7.32. The number of aryl methyl sites for hydroxylation is 1. The SMILES string of the molecule is Cc1c[nH+]c(F)cc1-c1ccc2c(c1)C(=C(C#N)C#N)c1cc3c(cc1-2)C(=C(C#N)C#N)C1C=C(c2ccnc(F)c2)C=CC31C. The third-order valence-electron chi connectivity index (χ3n) is 9.25. The molecule has 8 heteroatoms. The molecule has 2 aromatic carbocycles. The van der Waals surface area contributed by atoms with Crippen molar-refractivity contribution in [3.8, 4) is 46.5 Å². The Morgan fingerprint density at radius 1 is 0.804 bits per heavy atom. The molecule has 0 bridgehead atoms. The van der Waals surface area contributed by atoms with Crippen LogP contribution in [-0.4, -0.2) is 4.98 Å². The summed E-state index contributed by atoms with van der Waals surface area (Å²) in [6.07, 6.45) is 8.82. The summed E-state index contributed by atoms with van der Waals surface area (Å²) in [5.74, 6) is -1.54.